The lowest BCUT2D eigenvalue weighted by molar-refractivity contribution is 0.398. The number of aliphatic imine (C=N–C) groups is 1. The van der Waals surface area contributed by atoms with Gasteiger partial charge in [0.2, 0.25) is 5.88 Å². The summed E-state index contributed by atoms with van der Waals surface area (Å²) in [6.45, 7) is 0. The first-order valence-corrected chi connectivity index (χ1v) is 5.36. The normalized spacial score (nSPS) is 10.2. The smallest absolute Gasteiger partial charge is 0.215 e. The average Bonchev–Trinajstić information content (AvgIpc) is 2.46. The van der Waals surface area contributed by atoms with Crippen LogP contribution < -0.4 is 4.74 Å². The first kappa shape index (κ1) is 11.8. The maximum absolute atomic E-state index is 8.69. The molecule has 0 saturated carbocycles. The molecule has 0 fully saturated rings. The molecule has 0 amide bonds. The van der Waals surface area contributed by atoms with Gasteiger partial charge < -0.3 is 4.74 Å². The zero-order valence-corrected chi connectivity index (χ0v) is 9.87. The van der Waals surface area contributed by atoms with E-state index in [1.54, 1.807) is 43.8 Å². The fourth-order valence-electron chi connectivity index (χ4n) is 1.38. The maximum Gasteiger partial charge on any atom is 0.215 e. The van der Waals surface area contributed by atoms with Crippen LogP contribution in [0.25, 0.3) is 0 Å². The monoisotopic (exact) mass is 237 g/mol. The summed E-state index contributed by atoms with van der Waals surface area (Å²) < 4.78 is 5.02. The summed E-state index contributed by atoms with van der Waals surface area (Å²) in [7, 11) is 1.57. The molecule has 0 aliphatic heterocycles. The summed E-state index contributed by atoms with van der Waals surface area (Å²) >= 11 is 0. The largest absolute Gasteiger partial charge is 0.481 e. The van der Waals surface area contributed by atoms with E-state index in [0.717, 1.165) is 11.3 Å². The highest BCUT2D eigenvalue weighted by Gasteiger charge is 1.94. The number of nitriles is 1. The number of benzene rings is 1. The Hall–Kier alpha value is -2.67. The number of aromatic nitrogens is 1. The summed E-state index contributed by atoms with van der Waals surface area (Å²) in [5.74, 6) is 0.532. The Kier molecular flexibility index (Phi) is 3.67. The Morgan fingerprint density at radius 1 is 1.28 bits per heavy atom. The van der Waals surface area contributed by atoms with Crippen LogP contribution in [0, 0.1) is 11.3 Å². The van der Waals surface area contributed by atoms with E-state index in [1.807, 2.05) is 12.1 Å². The first-order chi connectivity index (χ1) is 8.81. The lowest BCUT2D eigenvalue weighted by Gasteiger charge is -1.98. The number of hydrogen-bond acceptors (Lipinski definition) is 4. The number of nitrogens with zero attached hydrogens (tertiary/aromatic N) is 3. The van der Waals surface area contributed by atoms with Crippen molar-refractivity contribution in [3.8, 4) is 11.9 Å². The third-order valence-corrected chi connectivity index (χ3v) is 2.33. The molecular formula is C14H11N3O. The molecule has 0 radical (unpaired) electrons. The van der Waals surface area contributed by atoms with Gasteiger partial charge in [0.05, 0.1) is 24.4 Å². The molecule has 1 aromatic carbocycles. The molecule has 0 spiro atoms. The van der Waals surface area contributed by atoms with Crippen molar-refractivity contribution < 1.29 is 4.74 Å². The first-order valence-electron chi connectivity index (χ1n) is 5.36. The van der Waals surface area contributed by atoms with Crippen LogP contribution in [-0.4, -0.2) is 18.3 Å². The van der Waals surface area contributed by atoms with Gasteiger partial charge in [-0.25, -0.2) is 4.98 Å². The second-order valence-electron chi connectivity index (χ2n) is 3.55. The molecule has 1 aromatic heterocycles. The van der Waals surface area contributed by atoms with Crippen molar-refractivity contribution in [2.24, 2.45) is 4.99 Å². The van der Waals surface area contributed by atoms with E-state index in [1.165, 1.54) is 0 Å². The van der Waals surface area contributed by atoms with Crippen LogP contribution in [0.4, 0.5) is 5.69 Å². The second-order valence-corrected chi connectivity index (χ2v) is 3.55. The summed E-state index contributed by atoms with van der Waals surface area (Å²) in [6.07, 6.45) is 3.38. The molecule has 0 aliphatic carbocycles. The van der Waals surface area contributed by atoms with Crippen molar-refractivity contribution in [1.29, 1.82) is 5.26 Å². The maximum atomic E-state index is 8.69. The minimum atomic E-state index is 0.532. The van der Waals surface area contributed by atoms with Crippen molar-refractivity contribution in [1.82, 2.24) is 4.98 Å². The van der Waals surface area contributed by atoms with Gasteiger partial charge in [0.25, 0.3) is 0 Å². The van der Waals surface area contributed by atoms with Crippen LogP contribution in [-0.2, 0) is 0 Å². The van der Waals surface area contributed by atoms with E-state index in [-0.39, 0.29) is 0 Å². The molecule has 18 heavy (non-hydrogen) atoms. The third kappa shape index (κ3) is 2.92. The number of hydrogen-bond donors (Lipinski definition) is 0. The molecule has 4 nitrogen and oxygen atoms in total. The summed E-state index contributed by atoms with van der Waals surface area (Å²) in [4.78, 5) is 8.32. The molecule has 2 aromatic rings. The SMILES string of the molecule is COc1cc(N=Cc2ccc(C#N)cc2)ccn1. The Morgan fingerprint density at radius 2 is 2.06 bits per heavy atom. The van der Waals surface area contributed by atoms with Crippen LogP contribution in [0.1, 0.15) is 11.1 Å². The van der Waals surface area contributed by atoms with Crippen molar-refractivity contribution >= 4 is 11.9 Å². The highest BCUT2D eigenvalue weighted by atomic mass is 16.5. The number of rotatable bonds is 3. The van der Waals surface area contributed by atoms with E-state index in [4.69, 9.17) is 10.00 Å². The quantitative estimate of drug-likeness (QED) is 0.771. The standard InChI is InChI=1S/C14H11N3O/c1-18-14-8-13(6-7-16-14)17-10-12-4-2-11(9-15)3-5-12/h2-8,10H,1H3. The van der Waals surface area contributed by atoms with E-state index in [0.29, 0.717) is 11.4 Å². The van der Waals surface area contributed by atoms with Crippen LogP contribution in [0.3, 0.4) is 0 Å². The molecule has 88 valence electrons. The predicted octanol–water partition coefficient (Wildman–Crippen LogP) is 2.71. The Morgan fingerprint density at radius 3 is 2.72 bits per heavy atom. The van der Waals surface area contributed by atoms with E-state index in [9.17, 15) is 0 Å². The van der Waals surface area contributed by atoms with Gasteiger partial charge >= 0.3 is 0 Å². The van der Waals surface area contributed by atoms with Gasteiger partial charge in [0.15, 0.2) is 0 Å². The van der Waals surface area contributed by atoms with Crippen LogP contribution in [0.5, 0.6) is 5.88 Å². The van der Waals surface area contributed by atoms with E-state index >= 15 is 0 Å². The molecule has 1 heterocycles. The average molecular weight is 237 g/mol. The molecule has 4 heteroatoms. The van der Waals surface area contributed by atoms with Gasteiger partial charge in [-0.3, -0.25) is 4.99 Å². The molecule has 0 saturated heterocycles. The van der Waals surface area contributed by atoms with Gasteiger partial charge in [-0.05, 0) is 23.8 Å². The lowest BCUT2D eigenvalue weighted by Crippen LogP contribution is -1.85. The van der Waals surface area contributed by atoms with Gasteiger partial charge in [0, 0.05) is 18.5 Å². The molecule has 0 atom stereocenters. The Bertz CT molecular complexity index is 597. The van der Waals surface area contributed by atoms with Crippen LogP contribution >= 0.6 is 0 Å². The number of pyridine rings is 1. The lowest BCUT2D eigenvalue weighted by atomic mass is 10.2. The summed E-state index contributed by atoms with van der Waals surface area (Å²) in [5.41, 5.74) is 2.34. The molecule has 2 rings (SSSR count). The fraction of sp³-hybridized carbons (Fsp3) is 0.0714. The second kappa shape index (κ2) is 5.60. The molecule has 0 aliphatic rings. The summed E-state index contributed by atoms with van der Waals surface area (Å²) in [5, 5.41) is 8.69. The Balaban J connectivity index is 2.16. The van der Waals surface area contributed by atoms with Crippen molar-refractivity contribution in [2.75, 3.05) is 7.11 Å². The summed E-state index contributed by atoms with van der Waals surface area (Å²) in [6, 6.07) is 12.8. The van der Waals surface area contributed by atoms with Gasteiger partial charge in [-0.15, -0.1) is 0 Å². The fourth-order valence-corrected chi connectivity index (χ4v) is 1.38. The minimum Gasteiger partial charge on any atom is -0.481 e. The zero-order valence-electron chi connectivity index (χ0n) is 9.87. The zero-order chi connectivity index (χ0) is 12.8. The van der Waals surface area contributed by atoms with Crippen molar-refractivity contribution in [2.45, 2.75) is 0 Å². The Labute approximate surface area is 105 Å². The van der Waals surface area contributed by atoms with Crippen LogP contribution in [0.2, 0.25) is 0 Å². The minimum absolute atomic E-state index is 0.532. The number of methoxy groups -OCH3 is 1. The van der Waals surface area contributed by atoms with E-state index < -0.39 is 0 Å². The topological polar surface area (TPSA) is 58.3 Å². The molecule has 0 unspecified atom stereocenters. The number of ether oxygens (including phenoxy) is 1. The van der Waals surface area contributed by atoms with Crippen molar-refractivity contribution in [3.05, 3.63) is 53.7 Å². The highest BCUT2D eigenvalue weighted by Crippen LogP contribution is 2.16. The van der Waals surface area contributed by atoms with E-state index in [2.05, 4.69) is 16.0 Å². The van der Waals surface area contributed by atoms with Gasteiger partial charge in [-0.2, -0.15) is 5.26 Å². The van der Waals surface area contributed by atoms with Crippen molar-refractivity contribution in [3.63, 3.8) is 0 Å². The van der Waals surface area contributed by atoms with Crippen LogP contribution in [0.15, 0.2) is 47.6 Å². The molecule has 0 bridgehead atoms. The van der Waals surface area contributed by atoms with Gasteiger partial charge in [-0.1, -0.05) is 12.1 Å². The molecular weight excluding hydrogens is 226 g/mol. The molecule has 0 N–H and O–H groups in total. The highest BCUT2D eigenvalue weighted by molar-refractivity contribution is 5.82. The predicted molar refractivity (Wildman–Crippen MR) is 69.2 cm³/mol. The van der Waals surface area contributed by atoms with Gasteiger partial charge in [0.1, 0.15) is 0 Å². The third-order valence-electron chi connectivity index (χ3n) is 2.33.